The van der Waals surface area contributed by atoms with Gasteiger partial charge in [0.05, 0.1) is 6.10 Å². The van der Waals surface area contributed by atoms with Crippen LogP contribution in [0.1, 0.15) is 26.7 Å². The van der Waals surface area contributed by atoms with Crippen LogP contribution < -0.4 is 5.32 Å². The van der Waals surface area contributed by atoms with E-state index in [1.165, 1.54) is 0 Å². The van der Waals surface area contributed by atoms with Crippen molar-refractivity contribution >= 4 is 0 Å². The monoisotopic (exact) mass is 198 g/mol. The van der Waals surface area contributed by atoms with E-state index in [4.69, 9.17) is 0 Å². The van der Waals surface area contributed by atoms with Crippen LogP contribution in [0.15, 0.2) is 0 Å². The Morgan fingerprint density at radius 1 is 1.43 bits per heavy atom. The van der Waals surface area contributed by atoms with E-state index in [0.29, 0.717) is 12.1 Å². The molecule has 0 radical (unpaired) electrons. The molecule has 2 aliphatic heterocycles. The summed E-state index contributed by atoms with van der Waals surface area (Å²) < 4.78 is 0. The van der Waals surface area contributed by atoms with Crippen molar-refractivity contribution in [3.05, 3.63) is 0 Å². The predicted octanol–water partition coefficient (Wildman–Crippen LogP) is 0.440. The van der Waals surface area contributed by atoms with Gasteiger partial charge in [0.15, 0.2) is 0 Å². The lowest BCUT2D eigenvalue weighted by atomic mass is 9.69. The highest BCUT2D eigenvalue weighted by atomic mass is 16.3. The molecule has 2 aliphatic rings. The fraction of sp³-hybridized carbons (Fsp3) is 1.00. The first-order valence-corrected chi connectivity index (χ1v) is 5.68. The summed E-state index contributed by atoms with van der Waals surface area (Å²) in [6, 6.07) is 0.988. The van der Waals surface area contributed by atoms with Gasteiger partial charge < -0.3 is 15.3 Å². The van der Waals surface area contributed by atoms with Crippen LogP contribution in [0, 0.1) is 5.41 Å². The molecular weight excluding hydrogens is 176 g/mol. The Balaban J connectivity index is 2.22. The zero-order valence-corrected chi connectivity index (χ0v) is 9.45. The molecule has 14 heavy (non-hydrogen) atoms. The van der Waals surface area contributed by atoms with Gasteiger partial charge in [0.1, 0.15) is 0 Å². The Morgan fingerprint density at radius 3 is 2.71 bits per heavy atom. The van der Waals surface area contributed by atoms with Crippen molar-refractivity contribution in [3.63, 3.8) is 0 Å². The summed E-state index contributed by atoms with van der Waals surface area (Å²) in [4.78, 5) is 2.42. The molecule has 4 unspecified atom stereocenters. The van der Waals surface area contributed by atoms with Crippen LogP contribution in [0.3, 0.4) is 0 Å². The van der Waals surface area contributed by atoms with Gasteiger partial charge in [-0.3, -0.25) is 0 Å². The highest BCUT2D eigenvalue weighted by Crippen LogP contribution is 2.42. The maximum absolute atomic E-state index is 10.3. The Bertz CT molecular complexity index is 213. The molecule has 2 fully saturated rings. The summed E-state index contributed by atoms with van der Waals surface area (Å²) in [6.45, 7) is 6.50. The molecule has 0 aromatic carbocycles. The summed E-state index contributed by atoms with van der Waals surface area (Å²) in [5, 5.41) is 13.6. The fourth-order valence-corrected chi connectivity index (χ4v) is 3.16. The minimum atomic E-state index is -0.126. The van der Waals surface area contributed by atoms with Gasteiger partial charge in [-0.25, -0.2) is 0 Å². The van der Waals surface area contributed by atoms with Crippen molar-refractivity contribution in [2.75, 3.05) is 20.1 Å². The van der Waals surface area contributed by atoms with Crippen molar-refractivity contribution in [1.29, 1.82) is 0 Å². The summed E-state index contributed by atoms with van der Waals surface area (Å²) in [7, 11) is 2.18. The largest absolute Gasteiger partial charge is 0.392 e. The number of rotatable bonds is 0. The molecule has 0 aliphatic carbocycles. The van der Waals surface area contributed by atoms with E-state index < -0.39 is 0 Å². The predicted molar refractivity (Wildman–Crippen MR) is 57.2 cm³/mol. The molecule has 2 N–H and O–H groups in total. The quantitative estimate of drug-likeness (QED) is 0.593. The molecule has 3 nitrogen and oxygen atoms in total. The Hall–Kier alpha value is -0.120. The molecule has 2 rings (SSSR count). The minimum Gasteiger partial charge on any atom is -0.392 e. The van der Waals surface area contributed by atoms with E-state index in [9.17, 15) is 5.11 Å². The van der Waals surface area contributed by atoms with Crippen LogP contribution in [0.2, 0.25) is 0 Å². The van der Waals surface area contributed by atoms with Crippen molar-refractivity contribution in [2.24, 2.45) is 5.41 Å². The van der Waals surface area contributed by atoms with E-state index >= 15 is 0 Å². The number of piperidine rings is 1. The maximum atomic E-state index is 10.3. The maximum Gasteiger partial charge on any atom is 0.0638 e. The van der Waals surface area contributed by atoms with E-state index in [-0.39, 0.29) is 11.5 Å². The van der Waals surface area contributed by atoms with Crippen molar-refractivity contribution < 1.29 is 5.11 Å². The molecule has 0 saturated carbocycles. The van der Waals surface area contributed by atoms with Crippen molar-refractivity contribution in [1.82, 2.24) is 10.2 Å². The third kappa shape index (κ3) is 1.30. The number of likely N-dealkylation sites (tertiary alicyclic amines) is 1. The molecule has 3 heteroatoms. The second-order valence-electron chi connectivity index (χ2n) is 5.10. The topological polar surface area (TPSA) is 35.5 Å². The smallest absolute Gasteiger partial charge is 0.0638 e. The average Bonchev–Trinajstić information content (AvgIpc) is 2.63. The SMILES string of the molecule is CC1CC(O)C2(CCNC2)C(C)N1C. The van der Waals surface area contributed by atoms with Gasteiger partial charge in [-0.15, -0.1) is 0 Å². The summed E-state index contributed by atoms with van der Waals surface area (Å²) in [6.07, 6.45) is 1.91. The second-order valence-corrected chi connectivity index (χ2v) is 5.10. The van der Waals surface area contributed by atoms with Crippen LogP contribution >= 0.6 is 0 Å². The summed E-state index contributed by atoms with van der Waals surface area (Å²) >= 11 is 0. The van der Waals surface area contributed by atoms with Gasteiger partial charge in [0.2, 0.25) is 0 Å². The number of aliphatic hydroxyl groups is 1. The number of aliphatic hydroxyl groups excluding tert-OH is 1. The van der Waals surface area contributed by atoms with Gasteiger partial charge in [0, 0.05) is 24.0 Å². The van der Waals surface area contributed by atoms with Crippen molar-refractivity contribution in [2.45, 2.75) is 44.9 Å². The zero-order chi connectivity index (χ0) is 10.3. The van der Waals surface area contributed by atoms with Crippen LogP contribution in [0.25, 0.3) is 0 Å². The molecule has 82 valence electrons. The molecule has 0 bridgehead atoms. The lowest BCUT2D eigenvalue weighted by Gasteiger charge is -2.51. The second kappa shape index (κ2) is 3.47. The van der Waals surface area contributed by atoms with Gasteiger partial charge in [0.25, 0.3) is 0 Å². The molecule has 0 amide bonds. The Kier molecular flexibility index (Phi) is 2.58. The Labute approximate surface area is 86.5 Å². The summed E-state index contributed by atoms with van der Waals surface area (Å²) in [5.41, 5.74) is 0.112. The highest BCUT2D eigenvalue weighted by molar-refractivity contribution is 5.04. The lowest BCUT2D eigenvalue weighted by Crippen LogP contribution is -2.60. The van der Waals surface area contributed by atoms with Gasteiger partial charge in [-0.2, -0.15) is 0 Å². The van der Waals surface area contributed by atoms with Gasteiger partial charge in [-0.1, -0.05) is 0 Å². The molecule has 2 heterocycles. The first-order valence-electron chi connectivity index (χ1n) is 5.68. The number of hydrogen-bond donors (Lipinski definition) is 2. The molecule has 0 aromatic rings. The molecule has 0 aromatic heterocycles. The van der Waals surface area contributed by atoms with E-state index in [0.717, 1.165) is 25.9 Å². The number of hydrogen-bond acceptors (Lipinski definition) is 3. The standard InChI is InChI=1S/C11H22N2O/c1-8-6-10(14)11(4-5-12-7-11)9(2)13(8)3/h8-10,12,14H,4-7H2,1-3H3. The van der Waals surface area contributed by atoms with Crippen LogP contribution in [-0.2, 0) is 0 Å². The van der Waals surface area contributed by atoms with Crippen LogP contribution in [-0.4, -0.2) is 48.3 Å². The fourth-order valence-electron chi connectivity index (χ4n) is 3.16. The highest BCUT2D eigenvalue weighted by Gasteiger charge is 2.50. The van der Waals surface area contributed by atoms with E-state index in [1.807, 2.05) is 0 Å². The molecule has 4 atom stereocenters. The van der Waals surface area contributed by atoms with Crippen LogP contribution in [0.5, 0.6) is 0 Å². The number of nitrogens with one attached hydrogen (secondary N) is 1. The number of nitrogens with zero attached hydrogens (tertiary/aromatic N) is 1. The van der Waals surface area contributed by atoms with Gasteiger partial charge in [-0.05, 0) is 40.3 Å². The minimum absolute atomic E-state index is 0.112. The third-order valence-electron chi connectivity index (χ3n) is 4.59. The molecular formula is C11H22N2O. The Morgan fingerprint density at radius 2 is 2.14 bits per heavy atom. The first-order chi connectivity index (χ1) is 6.58. The van der Waals surface area contributed by atoms with E-state index in [2.05, 4.69) is 31.1 Å². The van der Waals surface area contributed by atoms with Crippen LogP contribution in [0.4, 0.5) is 0 Å². The van der Waals surface area contributed by atoms with Crippen molar-refractivity contribution in [3.8, 4) is 0 Å². The van der Waals surface area contributed by atoms with E-state index in [1.54, 1.807) is 0 Å². The first kappa shape index (κ1) is 10.4. The molecule has 1 spiro atoms. The summed E-state index contributed by atoms with van der Waals surface area (Å²) in [5.74, 6) is 0. The zero-order valence-electron chi connectivity index (χ0n) is 9.45. The van der Waals surface area contributed by atoms with Gasteiger partial charge >= 0.3 is 0 Å². The average molecular weight is 198 g/mol. The lowest BCUT2D eigenvalue weighted by molar-refractivity contribution is -0.0848. The third-order valence-corrected chi connectivity index (χ3v) is 4.59. The molecule has 2 saturated heterocycles. The normalized spacial score (nSPS) is 50.1.